The Morgan fingerprint density at radius 2 is 1.97 bits per heavy atom. The van der Waals surface area contributed by atoms with Crippen molar-refractivity contribution in [2.45, 2.75) is 70.5 Å². The van der Waals surface area contributed by atoms with E-state index in [2.05, 4.69) is 4.98 Å². The van der Waals surface area contributed by atoms with Crippen molar-refractivity contribution in [3.8, 4) is 5.75 Å². The van der Waals surface area contributed by atoms with Gasteiger partial charge in [0.05, 0.1) is 11.6 Å². The smallest absolute Gasteiger partial charge is 0.433 e. The van der Waals surface area contributed by atoms with Crippen LogP contribution in [0.3, 0.4) is 0 Å². The normalized spacial score (nSPS) is 20.8. The molecule has 1 aromatic heterocycles. The highest BCUT2D eigenvalue weighted by atomic mass is 19.4. The lowest BCUT2D eigenvalue weighted by Crippen LogP contribution is -2.49. The number of amides is 1. The van der Waals surface area contributed by atoms with Gasteiger partial charge in [-0.2, -0.15) is 13.2 Å². The number of rotatable bonds is 6. The molecular formula is C27H32F3N5O2. The van der Waals surface area contributed by atoms with E-state index in [4.69, 9.17) is 16.5 Å². The predicted molar refractivity (Wildman–Crippen MR) is 137 cm³/mol. The number of benzene rings is 1. The van der Waals surface area contributed by atoms with Gasteiger partial charge in [-0.3, -0.25) is 9.78 Å². The number of pyridine rings is 1. The summed E-state index contributed by atoms with van der Waals surface area (Å²) in [6, 6.07) is 5.76. The highest BCUT2D eigenvalue weighted by molar-refractivity contribution is 6.07. The predicted octanol–water partition coefficient (Wildman–Crippen LogP) is 5.68. The summed E-state index contributed by atoms with van der Waals surface area (Å²) in [6.45, 7) is 4.16. The molecule has 1 unspecified atom stereocenters. The number of nitrogens with two attached hydrogens (primary N) is 2. The molecule has 1 aliphatic carbocycles. The van der Waals surface area contributed by atoms with Crippen LogP contribution < -0.4 is 11.5 Å². The van der Waals surface area contributed by atoms with Crippen molar-refractivity contribution in [1.82, 2.24) is 9.88 Å². The van der Waals surface area contributed by atoms with Crippen molar-refractivity contribution in [3.63, 3.8) is 0 Å². The van der Waals surface area contributed by atoms with Crippen molar-refractivity contribution in [2.75, 3.05) is 12.3 Å². The van der Waals surface area contributed by atoms with Gasteiger partial charge >= 0.3 is 6.18 Å². The van der Waals surface area contributed by atoms with E-state index in [1.54, 1.807) is 17.0 Å². The number of aromatic nitrogens is 1. The first-order valence-corrected chi connectivity index (χ1v) is 12.6. The largest absolute Gasteiger partial charge is 0.506 e. The number of anilines is 1. The molecular weight excluding hydrogens is 483 g/mol. The second kappa shape index (κ2) is 10.4. The maximum absolute atomic E-state index is 13.5. The molecule has 1 atom stereocenters. The summed E-state index contributed by atoms with van der Waals surface area (Å²) in [7, 11) is 0. The van der Waals surface area contributed by atoms with Crippen LogP contribution in [0.4, 0.5) is 24.5 Å². The number of aliphatic imine (C=N–C) groups is 1. The van der Waals surface area contributed by atoms with Crippen LogP contribution in [-0.4, -0.2) is 39.2 Å². The van der Waals surface area contributed by atoms with Gasteiger partial charge in [0.2, 0.25) is 0 Å². The first-order valence-electron chi connectivity index (χ1n) is 12.6. The number of carbonyl (C=O) groups is 1. The topological polar surface area (TPSA) is 118 Å². The first kappa shape index (κ1) is 26.5. The summed E-state index contributed by atoms with van der Waals surface area (Å²) in [5, 5.41) is 10.6. The van der Waals surface area contributed by atoms with Gasteiger partial charge in [-0.25, -0.2) is 4.99 Å². The lowest BCUT2D eigenvalue weighted by atomic mass is 9.88. The van der Waals surface area contributed by atoms with E-state index in [9.17, 15) is 23.1 Å². The van der Waals surface area contributed by atoms with Crippen molar-refractivity contribution in [2.24, 2.45) is 10.7 Å². The van der Waals surface area contributed by atoms with Gasteiger partial charge < -0.3 is 21.5 Å². The number of halogens is 3. The average Bonchev–Trinajstić information content (AvgIpc) is 3.69. The Labute approximate surface area is 214 Å². The Morgan fingerprint density at radius 3 is 2.54 bits per heavy atom. The summed E-state index contributed by atoms with van der Waals surface area (Å²) in [4.78, 5) is 23.3. The Hall–Kier alpha value is -3.56. The number of allylic oxidation sites excluding steroid dienone is 1. The molecule has 0 radical (unpaired) electrons. The van der Waals surface area contributed by atoms with Gasteiger partial charge in [-0.1, -0.05) is 26.3 Å². The molecule has 10 heteroatoms. The third-order valence-corrected chi connectivity index (χ3v) is 6.88. The molecule has 5 N–H and O–H groups in total. The number of carbonyl (C=O) groups excluding carboxylic acids is 1. The zero-order valence-electron chi connectivity index (χ0n) is 21.0. The number of nitrogens with zero attached hydrogens (tertiary/aromatic N) is 3. The van der Waals surface area contributed by atoms with E-state index < -0.39 is 23.8 Å². The Balaban J connectivity index is 1.69. The van der Waals surface area contributed by atoms with E-state index >= 15 is 0 Å². The minimum absolute atomic E-state index is 0.0893. The van der Waals surface area contributed by atoms with Crippen LogP contribution in [0.1, 0.15) is 79.9 Å². The molecule has 1 aromatic carbocycles. The molecule has 198 valence electrons. The third-order valence-electron chi connectivity index (χ3n) is 6.88. The number of likely N-dealkylation sites (tertiary alicyclic amines) is 1. The molecule has 1 saturated heterocycles. The fourth-order valence-electron chi connectivity index (χ4n) is 4.86. The molecule has 7 nitrogen and oxygen atoms in total. The van der Waals surface area contributed by atoms with Crippen LogP contribution in [0.2, 0.25) is 0 Å². The van der Waals surface area contributed by atoms with E-state index in [1.165, 1.54) is 0 Å². The van der Waals surface area contributed by atoms with Crippen LogP contribution in [-0.2, 0) is 6.18 Å². The zero-order chi connectivity index (χ0) is 26.9. The van der Waals surface area contributed by atoms with Crippen molar-refractivity contribution in [1.29, 1.82) is 0 Å². The van der Waals surface area contributed by atoms with Gasteiger partial charge in [-0.05, 0) is 55.4 Å². The molecule has 1 amide bonds. The number of nitrogen functional groups attached to an aromatic ring is 1. The molecule has 2 aliphatic rings. The minimum Gasteiger partial charge on any atom is -0.506 e. The van der Waals surface area contributed by atoms with Crippen LogP contribution in [0, 0.1) is 0 Å². The summed E-state index contributed by atoms with van der Waals surface area (Å²) >= 11 is 0. The number of alkyl halides is 3. The molecule has 2 heterocycles. The summed E-state index contributed by atoms with van der Waals surface area (Å²) in [5.74, 6) is 0.0811. The monoisotopic (exact) mass is 515 g/mol. The molecule has 1 aliphatic heterocycles. The maximum Gasteiger partial charge on any atom is 0.433 e. The van der Waals surface area contributed by atoms with Gasteiger partial charge in [0.1, 0.15) is 17.1 Å². The van der Waals surface area contributed by atoms with Crippen LogP contribution in [0.25, 0.3) is 0 Å². The first-order chi connectivity index (χ1) is 17.5. The molecule has 37 heavy (non-hydrogen) atoms. The van der Waals surface area contributed by atoms with Crippen LogP contribution in [0.5, 0.6) is 5.75 Å². The lowest BCUT2D eigenvalue weighted by Gasteiger charge is -2.39. The molecule has 2 aromatic rings. The van der Waals surface area contributed by atoms with Gasteiger partial charge in [0.25, 0.3) is 5.91 Å². The van der Waals surface area contributed by atoms with Gasteiger partial charge in [0.15, 0.2) is 0 Å². The third kappa shape index (κ3) is 5.57. The maximum atomic E-state index is 13.5. The fourth-order valence-corrected chi connectivity index (χ4v) is 4.86. The van der Waals surface area contributed by atoms with Crippen molar-refractivity contribution in [3.05, 3.63) is 58.6 Å². The molecule has 1 saturated carbocycles. The highest BCUT2D eigenvalue weighted by Gasteiger charge is 2.37. The van der Waals surface area contributed by atoms with E-state index in [1.807, 2.05) is 19.9 Å². The standard InChI is InChI=1S/C27H32F3N5O2/c1-3-5-18(31)25-21(34-20-9-8-16(12-23(20)36)15-6-7-15)10-11-35(22(25)4-2)26(37)17-14-33-24(13-19(17)32)27(28,29)30/h8-9,12-15,22,36H,3-7,10-11,31H2,1-2H3,(H2,32,33)/b25-18+,34-21?. The Morgan fingerprint density at radius 1 is 1.24 bits per heavy atom. The zero-order valence-corrected chi connectivity index (χ0v) is 21.0. The highest BCUT2D eigenvalue weighted by Crippen LogP contribution is 2.43. The van der Waals surface area contributed by atoms with Gasteiger partial charge in [0, 0.05) is 41.8 Å². The fraction of sp³-hybridized carbons (Fsp3) is 0.444. The molecule has 0 spiro atoms. The number of hydrogen-bond donors (Lipinski definition) is 3. The quantitative estimate of drug-likeness (QED) is 0.458. The van der Waals surface area contributed by atoms with Crippen LogP contribution >= 0.6 is 0 Å². The van der Waals surface area contributed by atoms with Gasteiger partial charge in [-0.15, -0.1) is 0 Å². The number of piperidine rings is 1. The summed E-state index contributed by atoms with van der Waals surface area (Å²) < 4.78 is 39.1. The average molecular weight is 516 g/mol. The second-order valence-electron chi connectivity index (χ2n) is 9.60. The van der Waals surface area contributed by atoms with E-state index in [-0.39, 0.29) is 23.5 Å². The summed E-state index contributed by atoms with van der Waals surface area (Å²) in [6.07, 6.45) is 0.696. The number of hydrogen-bond acceptors (Lipinski definition) is 6. The van der Waals surface area contributed by atoms with E-state index in [0.29, 0.717) is 53.9 Å². The van der Waals surface area contributed by atoms with Crippen molar-refractivity contribution < 1.29 is 23.1 Å². The number of phenolic OH excluding ortho intramolecular Hbond substituents is 1. The molecule has 0 bridgehead atoms. The van der Waals surface area contributed by atoms with E-state index in [0.717, 1.165) is 31.0 Å². The lowest BCUT2D eigenvalue weighted by molar-refractivity contribution is -0.141. The minimum atomic E-state index is -4.66. The SMILES string of the molecule is CCC/C(N)=C1/C(=Nc2ccc(C3CC3)cc2O)CCN(C(=O)c2cnc(C(F)(F)F)cc2N)C1CC. The molecule has 4 rings (SSSR count). The summed E-state index contributed by atoms with van der Waals surface area (Å²) in [5.41, 5.74) is 14.4. The van der Waals surface area contributed by atoms with Crippen LogP contribution in [0.15, 0.2) is 46.7 Å². The number of aromatic hydroxyl groups is 1. The Bertz CT molecular complexity index is 1250. The second-order valence-corrected chi connectivity index (χ2v) is 9.60. The van der Waals surface area contributed by atoms with Crippen molar-refractivity contribution >= 4 is 23.0 Å². The Kier molecular flexibility index (Phi) is 7.47. The number of phenols is 1. The molecule has 2 fully saturated rings.